The molecule has 1 aliphatic heterocycles. The van der Waals surface area contributed by atoms with Crippen LogP contribution in [0, 0.1) is 5.92 Å². The van der Waals surface area contributed by atoms with Crippen molar-refractivity contribution in [2.75, 3.05) is 34.0 Å². The Morgan fingerprint density at radius 2 is 1.91 bits per heavy atom. The molecule has 0 radical (unpaired) electrons. The van der Waals surface area contributed by atoms with Crippen molar-refractivity contribution in [3.63, 3.8) is 0 Å². The van der Waals surface area contributed by atoms with E-state index in [1.165, 1.54) is 0 Å². The number of rotatable bonds is 5. The van der Waals surface area contributed by atoms with Crippen LogP contribution in [0.25, 0.3) is 0 Å². The fourth-order valence-electron chi connectivity index (χ4n) is 2.99. The Bertz CT molecular complexity index is 549. The van der Waals surface area contributed by atoms with Crippen molar-refractivity contribution in [2.24, 2.45) is 11.7 Å². The first-order chi connectivity index (χ1) is 10.6. The number of benzene rings is 1. The molecular weight excluding hydrogens is 304 g/mol. The number of methoxy groups -OCH3 is 2. The fraction of sp³-hybridized carbons (Fsp3) is 0.533. The third kappa shape index (κ3) is 2.97. The molecule has 1 atom stereocenters. The SMILES string of the molecule is COc1cc2c(cc1OC)C(C(CO)CO)N(C(N)=S)CC2. The lowest BCUT2D eigenvalue weighted by Gasteiger charge is -2.41. The van der Waals surface area contributed by atoms with E-state index in [9.17, 15) is 10.2 Å². The predicted molar refractivity (Wildman–Crippen MR) is 87.1 cm³/mol. The number of fused-ring (bicyclic) bond motifs is 1. The van der Waals surface area contributed by atoms with Crippen LogP contribution < -0.4 is 15.2 Å². The molecule has 2 rings (SSSR count). The van der Waals surface area contributed by atoms with Crippen LogP contribution in [-0.4, -0.2) is 54.2 Å². The van der Waals surface area contributed by atoms with E-state index >= 15 is 0 Å². The summed E-state index contributed by atoms with van der Waals surface area (Å²) in [7, 11) is 3.17. The Labute approximate surface area is 135 Å². The second-order valence-electron chi connectivity index (χ2n) is 5.26. The van der Waals surface area contributed by atoms with Crippen LogP contribution in [0.4, 0.5) is 0 Å². The minimum Gasteiger partial charge on any atom is -0.493 e. The van der Waals surface area contributed by atoms with Crippen LogP contribution in [0.3, 0.4) is 0 Å². The van der Waals surface area contributed by atoms with Gasteiger partial charge in [0.15, 0.2) is 16.6 Å². The number of nitrogens with zero attached hydrogens (tertiary/aromatic N) is 1. The lowest BCUT2D eigenvalue weighted by atomic mass is 9.85. The van der Waals surface area contributed by atoms with E-state index in [4.69, 9.17) is 27.4 Å². The molecule has 7 heteroatoms. The van der Waals surface area contributed by atoms with Crippen molar-refractivity contribution in [3.05, 3.63) is 23.3 Å². The van der Waals surface area contributed by atoms with E-state index in [1.54, 1.807) is 14.2 Å². The van der Waals surface area contributed by atoms with Gasteiger partial charge in [0.05, 0.1) is 33.5 Å². The molecule has 122 valence electrons. The molecule has 0 saturated carbocycles. The standard InChI is InChI=1S/C15H22N2O4S/c1-20-12-5-9-3-4-17(15(16)22)14(10(7-18)8-19)11(9)6-13(12)21-2/h5-6,10,14,18-19H,3-4,7-8H2,1-2H3,(H2,16,22). The highest BCUT2D eigenvalue weighted by atomic mass is 32.1. The number of hydrogen-bond donors (Lipinski definition) is 3. The zero-order valence-corrected chi connectivity index (χ0v) is 13.6. The first kappa shape index (κ1) is 16.8. The summed E-state index contributed by atoms with van der Waals surface area (Å²) in [5.74, 6) is 0.887. The lowest BCUT2D eigenvalue weighted by Crippen LogP contribution is -2.47. The topological polar surface area (TPSA) is 88.2 Å². The quantitative estimate of drug-likeness (QED) is 0.677. The summed E-state index contributed by atoms with van der Waals surface area (Å²) >= 11 is 5.13. The molecule has 6 nitrogen and oxygen atoms in total. The summed E-state index contributed by atoms with van der Waals surface area (Å²) in [6.07, 6.45) is 0.757. The van der Waals surface area contributed by atoms with Crippen LogP contribution in [0.15, 0.2) is 12.1 Å². The average Bonchev–Trinajstić information content (AvgIpc) is 2.54. The smallest absolute Gasteiger partial charge is 0.166 e. The first-order valence-electron chi connectivity index (χ1n) is 7.09. The van der Waals surface area contributed by atoms with Gasteiger partial charge in [0.1, 0.15) is 0 Å². The molecule has 0 aromatic heterocycles. The van der Waals surface area contributed by atoms with Gasteiger partial charge >= 0.3 is 0 Å². The monoisotopic (exact) mass is 326 g/mol. The van der Waals surface area contributed by atoms with Gasteiger partial charge in [0, 0.05) is 12.5 Å². The van der Waals surface area contributed by atoms with Gasteiger partial charge in [-0.15, -0.1) is 0 Å². The van der Waals surface area contributed by atoms with Crippen molar-refractivity contribution in [1.82, 2.24) is 4.90 Å². The molecule has 0 saturated heterocycles. The van der Waals surface area contributed by atoms with E-state index in [0.717, 1.165) is 17.5 Å². The normalized spacial score (nSPS) is 17.3. The fourth-order valence-corrected chi connectivity index (χ4v) is 3.19. The highest BCUT2D eigenvalue weighted by molar-refractivity contribution is 7.80. The van der Waals surface area contributed by atoms with E-state index in [1.807, 2.05) is 17.0 Å². The molecule has 0 amide bonds. The van der Waals surface area contributed by atoms with Crippen LogP contribution in [0.2, 0.25) is 0 Å². The zero-order chi connectivity index (χ0) is 16.3. The van der Waals surface area contributed by atoms with Gasteiger partial charge in [0.25, 0.3) is 0 Å². The van der Waals surface area contributed by atoms with Crippen LogP contribution in [-0.2, 0) is 6.42 Å². The van der Waals surface area contributed by atoms with Gasteiger partial charge in [-0.25, -0.2) is 0 Å². The number of nitrogens with two attached hydrogens (primary N) is 1. The Morgan fingerprint density at radius 3 is 2.41 bits per heavy atom. The van der Waals surface area contributed by atoms with E-state index < -0.39 is 0 Å². The number of hydrogen-bond acceptors (Lipinski definition) is 5. The highest BCUT2D eigenvalue weighted by Gasteiger charge is 2.35. The molecule has 1 unspecified atom stereocenters. The molecule has 1 aromatic rings. The number of ether oxygens (including phenoxy) is 2. The van der Waals surface area contributed by atoms with Gasteiger partial charge in [-0.2, -0.15) is 0 Å². The lowest BCUT2D eigenvalue weighted by molar-refractivity contribution is 0.0833. The molecule has 1 aromatic carbocycles. The van der Waals surface area contributed by atoms with E-state index in [0.29, 0.717) is 18.0 Å². The maximum atomic E-state index is 9.60. The summed E-state index contributed by atoms with van der Waals surface area (Å²) in [6.45, 7) is 0.321. The third-order valence-corrected chi connectivity index (χ3v) is 4.35. The van der Waals surface area contributed by atoms with Gasteiger partial charge in [-0.1, -0.05) is 0 Å². The van der Waals surface area contributed by atoms with E-state index in [2.05, 4.69) is 0 Å². The van der Waals surface area contributed by atoms with Gasteiger partial charge in [0.2, 0.25) is 0 Å². The maximum Gasteiger partial charge on any atom is 0.166 e. The highest BCUT2D eigenvalue weighted by Crippen LogP contribution is 2.40. The Hall–Kier alpha value is -1.57. The van der Waals surface area contributed by atoms with Crippen molar-refractivity contribution < 1.29 is 19.7 Å². The molecule has 0 spiro atoms. The second-order valence-corrected chi connectivity index (χ2v) is 5.68. The summed E-state index contributed by atoms with van der Waals surface area (Å²) in [6, 6.07) is 3.53. The van der Waals surface area contributed by atoms with Crippen molar-refractivity contribution in [1.29, 1.82) is 0 Å². The van der Waals surface area contributed by atoms with Gasteiger partial charge in [-0.3, -0.25) is 0 Å². The van der Waals surface area contributed by atoms with Crippen LogP contribution >= 0.6 is 12.2 Å². The first-order valence-corrected chi connectivity index (χ1v) is 7.50. The second kappa shape index (κ2) is 7.13. The summed E-state index contributed by atoms with van der Waals surface area (Å²) in [4.78, 5) is 1.85. The minimum atomic E-state index is -0.376. The zero-order valence-electron chi connectivity index (χ0n) is 12.8. The third-order valence-electron chi connectivity index (χ3n) is 4.12. The Morgan fingerprint density at radius 1 is 1.32 bits per heavy atom. The van der Waals surface area contributed by atoms with Crippen LogP contribution in [0.1, 0.15) is 17.2 Å². The molecular formula is C15H22N2O4S. The van der Waals surface area contributed by atoms with Gasteiger partial charge < -0.3 is 30.3 Å². The summed E-state index contributed by atoms with van der Waals surface area (Å²) in [5.41, 5.74) is 7.86. The molecule has 1 aliphatic rings. The molecule has 22 heavy (non-hydrogen) atoms. The predicted octanol–water partition coefficient (Wildman–Crippen LogP) is 0.447. The maximum absolute atomic E-state index is 9.60. The average molecular weight is 326 g/mol. The summed E-state index contributed by atoms with van der Waals surface area (Å²) in [5, 5.41) is 19.5. The van der Waals surface area contributed by atoms with Crippen molar-refractivity contribution >= 4 is 17.3 Å². The molecule has 4 N–H and O–H groups in total. The summed E-state index contributed by atoms with van der Waals surface area (Å²) < 4.78 is 10.7. The van der Waals surface area contributed by atoms with Crippen LogP contribution in [0.5, 0.6) is 11.5 Å². The molecule has 0 fully saturated rings. The van der Waals surface area contributed by atoms with Crippen molar-refractivity contribution in [2.45, 2.75) is 12.5 Å². The number of aliphatic hydroxyl groups is 2. The minimum absolute atomic E-state index is 0.159. The number of thiocarbonyl (C=S) groups is 1. The molecule has 0 aliphatic carbocycles. The molecule has 1 heterocycles. The number of aliphatic hydroxyl groups excluding tert-OH is 2. The van der Waals surface area contributed by atoms with E-state index in [-0.39, 0.29) is 30.3 Å². The Kier molecular flexibility index (Phi) is 5.44. The Balaban J connectivity index is 2.55. The van der Waals surface area contributed by atoms with Gasteiger partial charge in [-0.05, 0) is 41.9 Å². The molecule has 0 bridgehead atoms. The largest absolute Gasteiger partial charge is 0.493 e. The van der Waals surface area contributed by atoms with Crippen molar-refractivity contribution in [3.8, 4) is 11.5 Å².